The molecule has 2 aromatic carbocycles. The van der Waals surface area contributed by atoms with Gasteiger partial charge in [-0.3, -0.25) is 4.90 Å². The van der Waals surface area contributed by atoms with Crippen molar-refractivity contribution in [2.24, 2.45) is 0 Å². The molecule has 7 nitrogen and oxygen atoms in total. The molecule has 1 aromatic heterocycles. The van der Waals surface area contributed by atoms with Crippen LogP contribution in [-0.2, 0) is 0 Å². The topological polar surface area (TPSA) is 80.9 Å². The summed E-state index contributed by atoms with van der Waals surface area (Å²) >= 11 is 0. The fourth-order valence-corrected chi connectivity index (χ4v) is 4.17. The van der Waals surface area contributed by atoms with E-state index in [0.717, 1.165) is 37.1 Å². The summed E-state index contributed by atoms with van der Waals surface area (Å²) in [5.74, 6) is 3.08. The van der Waals surface area contributed by atoms with Gasteiger partial charge in [0.05, 0.1) is 14.2 Å². The summed E-state index contributed by atoms with van der Waals surface area (Å²) in [6.45, 7) is 5.87. The Morgan fingerprint density at radius 3 is 2.41 bits per heavy atom. The fraction of sp³-hybridized carbons (Fsp3) is 0.440. The zero-order valence-electron chi connectivity index (χ0n) is 19.1. The lowest BCUT2D eigenvalue weighted by molar-refractivity contribution is -0.0149. The number of nitrogens with zero attached hydrogens (tertiary/aromatic N) is 3. The first-order valence-corrected chi connectivity index (χ1v) is 11.1. The number of aliphatic hydroxyl groups excluding tert-OH is 1. The molecular formula is C25H31N3O4. The molecule has 1 N–H and O–H groups in total. The molecule has 1 unspecified atom stereocenters. The number of benzene rings is 2. The van der Waals surface area contributed by atoms with E-state index in [0.29, 0.717) is 29.1 Å². The molecule has 3 aromatic rings. The lowest BCUT2D eigenvalue weighted by atomic mass is 9.95. The predicted molar refractivity (Wildman–Crippen MR) is 122 cm³/mol. The summed E-state index contributed by atoms with van der Waals surface area (Å²) in [7, 11) is 3.21. The molecule has 0 bridgehead atoms. The van der Waals surface area contributed by atoms with E-state index in [1.54, 1.807) is 14.2 Å². The number of rotatable bonds is 7. The number of likely N-dealkylation sites (tertiary alicyclic amines) is 1. The van der Waals surface area contributed by atoms with Gasteiger partial charge in [0.1, 0.15) is 6.23 Å². The van der Waals surface area contributed by atoms with Gasteiger partial charge in [-0.1, -0.05) is 43.3 Å². The molecule has 1 fully saturated rings. The molecule has 0 spiro atoms. The summed E-state index contributed by atoms with van der Waals surface area (Å²) in [6, 6.07) is 13.8. The van der Waals surface area contributed by atoms with Crippen LogP contribution in [0.4, 0.5) is 0 Å². The molecule has 7 heteroatoms. The van der Waals surface area contributed by atoms with Crippen LogP contribution in [0.1, 0.15) is 61.8 Å². The Kier molecular flexibility index (Phi) is 6.77. The number of ether oxygens (including phenoxy) is 2. The van der Waals surface area contributed by atoms with Gasteiger partial charge >= 0.3 is 0 Å². The number of methoxy groups -OCH3 is 2. The van der Waals surface area contributed by atoms with Crippen molar-refractivity contribution in [3.8, 4) is 22.9 Å². The van der Waals surface area contributed by atoms with Crippen molar-refractivity contribution in [2.45, 2.75) is 44.8 Å². The first-order valence-electron chi connectivity index (χ1n) is 11.1. The van der Waals surface area contributed by atoms with Crippen molar-refractivity contribution in [1.82, 2.24) is 15.0 Å². The van der Waals surface area contributed by atoms with E-state index in [-0.39, 0.29) is 5.92 Å². The fourth-order valence-electron chi connectivity index (χ4n) is 4.17. The molecule has 0 radical (unpaired) electrons. The minimum atomic E-state index is -0.598. The number of hydrogen-bond donors (Lipinski definition) is 1. The van der Waals surface area contributed by atoms with Crippen molar-refractivity contribution in [3.63, 3.8) is 0 Å². The average Bonchev–Trinajstić information content (AvgIpc) is 3.33. The zero-order valence-corrected chi connectivity index (χ0v) is 19.1. The third-order valence-corrected chi connectivity index (χ3v) is 6.18. The van der Waals surface area contributed by atoms with Crippen molar-refractivity contribution >= 4 is 0 Å². The molecular weight excluding hydrogens is 406 g/mol. The molecule has 0 aliphatic carbocycles. The van der Waals surface area contributed by atoms with E-state index < -0.39 is 6.23 Å². The largest absolute Gasteiger partial charge is 0.493 e. The van der Waals surface area contributed by atoms with Gasteiger partial charge in [-0.05, 0) is 48.1 Å². The summed E-state index contributed by atoms with van der Waals surface area (Å²) in [5, 5.41) is 15.1. The zero-order chi connectivity index (χ0) is 22.7. The minimum Gasteiger partial charge on any atom is -0.493 e. The van der Waals surface area contributed by atoms with Gasteiger partial charge in [0.2, 0.25) is 11.7 Å². The highest BCUT2D eigenvalue weighted by Gasteiger charge is 2.29. The third-order valence-electron chi connectivity index (χ3n) is 6.18. The van der Waals surface area contributed by atoms with Crippen LogP contribution in [0, 0.1) is 0 Å². The highest BCUT2D eigenvalue weighted by molar-refractivity contribution is 5.60. The van der Waals surface area contributed by atoms with Crippen molar-refractivity contribution in [3.05, 3.63) is 59.5 Å². The van der Waals surface area contributed by atoms with Gasteiger partial charge in [0.15, 0.2) is 11.5 Å². The molecule has 1 aliphatic rings. The van der Waals surface area contributed by atoms with E-state index in [4.69, 9.17) is 14.0 Å². The second-order valence-corrected chi connectivity index (χ2v) is 8.53. The highest BCUT2D eigenvalue weighted by Crippen LogP contribution is 2.34. The second kappa shape index (κ2) is 9.71. The lowest BCUT2D eigenvalue weighted by Crippen LogP contribution is -2.36. The van der Waals surface area contributed by atoms with Gasteiger partial charge in [-0.25, -0.2) is 0 Å². The normalized spacial score (nSPS) is 16.3. The Hall–Kier alpha value is -2.90. The standard InChI is InChI=1S/C25H31N3O4/c1-16(2)18-6-5-7-20(14-18)25(29)28-12-10-17(11-13-28)24-26-23(27-32-24)19-8-9-21(30-3)22(15-19)31-4/h5-9,14-17,25,29H,10-13H2,1-4H3. The number of aliphatic hydroxyl groups is 1. The Bertz CT molecular complexity index is 1040. The van der Waals surface area contributed by atoms with Crippen LogP contribution in [0.5, 0.6) is 11.5 Å². The van der Waals surface area contributed by atoms with Crippen LogP contribution in [0.25, 0.3) is 11.4 Å². The number of hydrogen-bond acceptors (Lipinski definition) is 7. The van der Waals surface area contributed by atoms with Gasteiger partial charge < -0.3 is 19.1 Å². The quantitative estimate of drug-likeness (QED) is 0.571. The molecule has 170 valence electrons. The van der Waals surface area contributed by atoms with Crippen molar-refractivity contribution in [1.29, 1.82) is 0 Å². The molecule has 32 heavy (non-hydrogen) atoms. The highest BCUT2D eigenvalue weighted by atomic mass is 16.5. The Morgan fingerprint density at radius 2 is 1.72 bits per heavy atom. The van der Waals surface area contributed by atoms with Crippen LogP contribution in [0.15, 0.2) is 47.0 Å². The maximum atomic E-state index is 10.9. The van der Waals surface area contributed by atoms with Crippen LogP contribution in [-0.4, -0.2) is 47.5 Å². The van der Waals surface area contributed by atoms with Crippen LogP contribution < -0.4 is 9.47 Å². The second-order valence-electron chi connectivity index (χ2n) is 8.53. The van der Waals surface area contributed by atoms with Crippen molar-refractivity contribution < 1.29 is 19.1 Å². The van der Waals surface area contributed by atoms with Crippen LogP contribution >= 0.6 is 0 Å². The van der Waals surface area contributed by atoms with E-state index in [1.165, 1.54) is 5.56 Å². The summed E-state index contributed by atoms with van der Waals surface area (Å²) in [4.78, 5) is 6.75. The minimum absolute atomic E-state index is 0.182. The maximum Gasteiger partial charge on any atom is 0.230 e. The molecule has 1 atom stereocenters. The van der Waals surface area contributed by atoms with Crippen LogP contribution in [0.2, 0.25) is 0 Å². The number of aromatic nitrogens is 2. The Balaban J connectivity index is 1.41. The Labute approximate surface area is 189 Å². The van der Waals surface area contributed by atoms with Crippen molar-refractivity contribution in [2.75, 3.05) is 27.3 Å². The van der Waals surface area contributed by atoms with Gasteiger partial charge in [0.25, 0.3) is 0 Å². The Morgan fingerprint density at radius 1 is 1.00 bits per heavy atom. The summed E-state index contributed by atoms with van der Waals surface area (Å²) in [5.41, 5.74) is 3.00. The van der Waals surface area contributed by atoms with Gasteiger partial charge in [-0.15, -0.1) is 0 Å². The molecule has 1 aliphatic heterocycles. The lowest BCUT2D eigenvalue weighted by Gasteiger charge is -2.34. The predicted octanol–water partition coefficient (Wildman–Crippen LogP) is 4.75. The molecule has 1 saturated heterocycles. The van der Waals surface area contributed by atoms with Crippen LogP contribution in [0.3, 0.4) is 0 Å². The first kappa shape index (κ1) is 22.3. The van der Waals surface area contributed by atoms with E-state index in [1.807, 2.05) is 30.3 Å². The maximum absolute atomic E-state index is 10.9. The summed E-state index contributed by atoms with van der Waals surface area (Å²) < 4.78 is 16.3. The SMILES string of the molecule is COc1ccc(-c2noc(C3CCN(C(O)c4cccc(C(C)C)c4)CC3)n2)cc1OC. The number of piperidine rings is 1. The summed E-state index contributed by atoms with van der Waals surface area (Å²) in [6.07, 6.45) is 1.11. The average molecular weight is 438 g/mol. The van der Waals surface area contributed by atoms with E-state index in [9.17, 15) is 5.11 Å². The monoisotopic (exact) mass is 437 g/mol. The van der Waals surface area contributed by atoms with Gasteiger partial charge in [-0.2, -0.15) is 4.98 Å². The smallest absolute Gasteiger partial charge is 0.230 e. The molecule has 4 rings (SSSR count). The first-order chi connectivity index (χ1) is 15.5. The molecule has 0 amide bonds. The molecule has 2 heterocycles. The van der Waals surface area contributed by atoms with E-state index in [2.05, 4.69) is 41.0 Å². The molecule has 0 saturated carbocycles. The van der Waals surface area contributed by atoms with Gasteiger partial charge in [0, 0.05) is 24.6 Å². The van der Waals surface area contributed by atoms with E-state index >= 15 is 0 Å². The third kappa shape index (κ3) is 4.64.